The molecule has 0 rings (SSSR count). The van der Waals surface area contributed by atoms with Gasteiger partial charge >= 0.3 is 5.97 Å². The standard InChI is InChI=1S/C30H63N2O7P/c1-6-8-9-10-11-12-13-14-15-16-17-18-19-20-21-22-24-36-28-29(26-31-27-30(33)37-7-2)39-40(34,35)38-25-23-32(3,4)5/h29,31H,6-28H2,1-5H3. The summed E-state index contributed by atoms with van der Waals surface area (Å²) in [4.78, 5) is 23.9. The number of nitrogens with zero attached hydrogens (tertiary/aromatic N) is 1. The zero-order valence-electron chi connectivity index (χ0n) is 26.6. The molecule has 0 fully saturated rings. The Balaban J connectivity index is 3.98. The third-order valence-corrected chi connectivity index (χ3v) is 7.74. The van der Waals surface area contributed by atoms with E-state index < -0.39 is 19.9 Å². The Morgan fingerprint density at radius 2 is 1.30 bits per heavy atom. The fourth-order valence-corrected chi connectivity index (χ4v) is 5.15. The predicted octanol–water partition coefficient (Wildman–Crippen LogP) is 5.99. The summed E-state index contributed by atoms with van der Waals surface area (Å²) in [5.74, 6) is -0.403. The number of hydrogen-bond donors (Lipinski definition) is 1. The highest BCUT2D eigenvalue weighted by molar-refractivity contribution is 7.45. The molecule has 1 N–H and O–H groups in total. The van der Waals surface area contributed by atoms with Gasteiger partial charge in [0.15, 0.2) is 0 Å². The molecule has 0 bridgehead atoms. The molecule has 0 amide bonds. The minimum Gasteiger partial charge on any atom is -0.756 e. The van der Waals surface area contributed by atoms with Gasteiger partial charge in [-0.3, -0.25) is 9.36 Å². The highest BCUT2D eigenvalue weighted by Gasteiger charge is 2.20. The van der Waals surface area contributed by atoms with Crippen molar-refractivity contribution in [2.75, 3.05) is 67.2 Å². The second-order valence-corrected chi connectivity index (χ2v) is 13.2. The monoisotopic (exact) mass is 594 g/mol. The van der Waals surface area contributed by atoms with Crippen molar-refractivity contribution in [1.29, 1.82) is 0 Å². The number of likely N-dealkylation sites (N-methyl/N-ethyl adjacent to an activating group) is 1. The third-order valence-electron chi connectivity index (χ3n) is 6.68. The topological polar surface area (TPSA) is 106 Å². The SMILES string of the molecule is CCCCCCCCCCCCCCCCCCOCC(CNCC(=O)OCC)OP(=O)([O-])OCC[N+](C)(C)C. The summed E-state index contributed by atoms with van der Waals surface area (Å²) in [6.45, 7) is 5.59. The highest BCUT2D eigenvalue weighted by atomic mass is 31.2. The van der Waals surface area contributed by atoms with E-state index in [0.29, 0.717) is 24.2 Å². The second kappa shape index (κ2) is 26.1. The molecule has 0 saturated carbocycles. The van der Waals surface area contributed by atoms with Gasteiger partial charge in [0.25, 0.3) is 7.82 Å². The summed E-state index contributed by atoms with van der Waals surface area (Å²) in [6, 6.07) is 0. The smallest absolute Gasteiger partial charge is 0.319 e. The first kappa shape index (κ1) is 39.5. The van der Waals surface area contributed by atoms with Gasteiger partial charge in [-0.15, -0.1) is 0 Å². The average Bonchev–Trinajstić information content (AvgIpc) is 2.87. The van der Waals surface area contributed by atoms with Crippen LogP contribution in [0.4, 0.5) is 0 Å². The third kappa shape index (κ3) is 29.0. The van der Waals surface area contributed by atoms with Crippen LogP contribution in [-0.4, -0.2) is 83.8 Å². The van der Waals surface area contributed by atoms with E-state index in [1.807, 2.05) is 21.1 Å². The lowest BCUT2D eigenvalue weighted by molar-refractivity contribution is -0.870. The van der Waals surface area contributed by atoms with E-state index >= 15 is 0 Å². The van der Waals surface area contributed by atoms with Gasteiger partial charge < -0.3 is 33.2 Å². The van der Waals surface area contributed by atoms with E-state index in [4.69, 9.17) is 18.5 Å². The number of hydrogen-bond acceptors (Lipinski definition) is 8. The molecule has 2 unspecified atom stereocenters. The molecule has 0 radical (unpaired) electrons. The maximum atomic E-state index is 12.3. The van der Waals surface area contributed by atoms with Gasteiger partial charge in [0.05, 0.1) is 40.9 Å². The second-order valence-electron chi connectivity index (χ2n) is 11.8. The number of phosphoric ester groups is 1. The number of phosphoric acid groups is 1. The van der Waals surface area contributed by atoms with Gasteiger partial charge in [-0.25, -0.2) is 0 Å². The van der Waals surface area contributed by atoms with Crippen molar-refractivity contribution in [3.8, 4) is 0 Å². The van der Waals surface area contributed by atoms with Gasteiger partial charge in [-0.2, -0.15) is 0 Å². The lowest BCUT2D eigenvalue weighted by Gasteiger charge is -2.30. The molecule has 40 heavy (non-hydrogen) atoms. The molecule has 0 heterocycles. The number of carbonyl (C=O) groups is 1. The van der Waals surface area contributed by atoms with E-state index in [1.165, 1.54) is 89.9 Å². The molecule has 0 aliphatic heterocycles. The van der Waals surface area contributed by atoms with Crippen molar-refractivity contribution >= 4 is 13.8 Å². The molecule has 2 atom stereocenters. The van der Waals surface area contributed by atoms with Crippen LogP contribution in [0.1, 0.15) is 117 Å². The van der Waals surface area contributed by atoms with E-state index in [-0.39, 0.29) is 26.3 Å². The number of ether oxygens (including phenoxy) is 2. The van der Waals surface area contributed by atoms with Gasteiger partial charge in [0.2, 0.25) is 0 Å². The van der Waals surface area contributed by atoms with Crippen molar-refractivity contribution in [3.63, 3.8) is 0 Å². The summed E-state index contributed by atoms with van der Waals surface area (Å²) in [7, 11) is 1.36. The van der Waals surface area contributed by atoms with E-state index in [9.17, 15) is 14.3 Å². The van der Waals surface area contributed by atoms with Crippen molar-refractivity contribution in [3.05, 3.63) is 0 Å². The van der Waals surface area contributed by atoms with Crippen LogP contribution in [0.25, 0.3) is 0 Å². The van der Waals surface area contributed by atoms with Crippen LogP contribution < -0.4 is 10.2 Å². The lowest BCUT2D eigenvalue weighted by atomic mass is 10.0. The van der Waals surface area contributed by atoms with E-state index in [0.717, 1.165) is 12.8 Å². The van der Waals surface area contributed by atoms with Crippen LogP contribution in [0, 0.1) is 0 Å². The average molecular weight is 595 g/mol. The predicted molar refractivity (Wildman–Crippen MR) is 161 cm³/mol. The fraction of sp³-hybridized carbons (Fsp3) is 0.967. The maximum Gasteiger partial charge on any atom is 0.319 e. The molecule has 0 aliphatic rings. The molecule has 0 aromatic heterocycles. The van der Waals surface area contributed by atoms with E-state index in [1.54, 1.807) is 6.92 Å². The summed E-state index contributed by atoms with van der Waals surface area (Å²) >= 11 is 0. The van der Waals surface area contributed by atoms with Crippen molar-refractivity contribution in [1.82, 2.24) is 5.32 Å². The number of nitrogens with one attached hydrogen (secondary N) is 1. The van der Waals surface area contributed by atoms with Gasteiger partial charge in [0.1, 0.15) is 19.3 Å². The molecule has 0 aliphatic carbocycles. The number of unbranched alkanes of at least 4 members (excludes halogenated alkanes) is 15. The Morgan fingerprint density at radius 1 is 0.800 bits per heavy atom. The maximum absolute atomic E-state index is 12.3. The van der Waals surface area contributed by atoms with Crippen LogP contribution >= 0.6 is 7.82 Å². The Labute approximate surface area is 246 Å². The molecule has 9 nitrogen and oxygen atoms in total. The molecule has 0 aromatic rings. The quantitative estimate of drug-likeness (QED) is 0.0468. The number of carbonyl (C=O) groups excluding carboxylic acids is 1. The molecule has 0 spiro atoms. The van der Waals surface area contributed by atoms with Gasteiger partial charge in [-0.1, -0.05) is 103 Å². The summed E-state index contributed by atoms with van der Waals surface area (Å²) in [5, 5.41) is 2.88. The minimum absolute atomic E-state index is 0.0294. The number of quaternary nitrogens is 1. The largest absolute Gasteiger partial charge is 0.756 e. The van der Waals surface area contributed by atoms with Crippen LogP contribution in [0.2, 0.25) is 0 Å². The molecule has 0 aromatic carbocycles. The van der Waals surface area contributed by atoms with Crippen LogP contribution in [0.5, 0.6) is 0 Å². The molecular weight excluding hydrogens is 531 g/mol. The Bertz CT molecular complexity index is 632. The molecular formula is C30H63N2O7P. The van der Waals surface area contributed by atoms with Crippen LogP contribution in [0.15, 0.2) is 0 Å². The Kier molecular flexibility index (Phi) is 25.8. The zero-order valence-corrected chi connectivity index (χ0v) is 27.5. The van der Waals surface area contributed by atoms with Crippen molar-refractivity contribution in [2.24, 2.45) is 0 Å². The summed E-state index contributed by atoms with van der Waals surface area (Å²) in [6.07, 6.45) is 20.2. The lowest BCUT2D eigenvalue weighted by Crippen LogP contribution is -2.38. The van der Waals surface area contributed by atoms with Gasteiger partial charge in [0, 0.05) is 13.2 Å². The minimum atomic E-state index is -4.50. The summed E-state index contributed by atoms with van der Waals surface area (Å²) < 4.78 is 33.8. The number of rotatable bonds is 30. The van der Waals surface area contributed by atoms with Crippen molar-refractivity contribution < 1.29 is 37.3 Å². The highest BCUT2D eigenvalue weighted by Crippen LogP contribution is 2.39. The van der Waals surface area contributed by atoms with Crippen molar-refractivity contribution in [2.45, 2.75) is 123 Å². The molecule has 10 heteroatoms. The summed E-state index contributed by atoms with van der Waals surface area (Å²) in [5.41, 5.74) is 0. The van der Waals surface area contributed by atoms with Gasteiger partial charge in [-0.05, 0) is 13.3 Å². The first-order chi connectivity index (χ1) is 19.1. The first-order valence-corrected chi connectivity index (χ1v) is 17.4. The molecule has 240 valence electrons. The molecule has 0 saturated heterocycles. The Morgan fingerprint density at radius 3 is 1.77 bits per heavy atom. The van der Waals surface area contributed by atoms with Crippen LogP contribution in [-0.2, 0) is 27.9 Å². The normalized spacial score (nSPS) is 14.2. The fourth-order valence-electron chi connectivity index (χ4n) is 4.28. The number of esters is 1. The van der Waals surface area contributed by atoms with Crippen LogP contribution in [0.3, 0.4) is 0 Å². The van der Waals surface area contributed by atoms with E-state index in [2.05, 4.69) is 12.2 Å². The first-order valence-electron chi connectivity index (χ1n) is 16.0. The zero-order chi connectivity index (χ0) is 30.0. The Hall–Kier alpha value is -0.540.